The lowest BCUT2D eigenvalue weighted by molar-refractivity contribution is -0.385. The number of fused-ring (bicyclic) bond motifs is 1. The lowest BCUT2D eigenvalue weighted by Gasteiger charge is -2.08. The van der Waals surface area contributed by atoms with Gasteiger partial charge in [0.2, 0.25) is 0 Å². The number of nitrogens with zero attached hydrogens (tertiary/aromatic N) is 1. The number of nitro groups is 1. The fourth-order valence-electron chi connectivity index (χ4n) is 2.03. The van der Waals surface area contributed by atoms with Gasteiger partial charge in [-0.1, -0.05) is 13.8 Å². The first-order valence-electron chi connectivity index (χ1n) is 5.51. The molecule has 1 aromatic carbocycles. The highest BCUT2D eigenvalue weighted by molar-refractivity contribution is 5.52. The first-order chi connectivity index (χ1) is 7.58. The molecule has 0 fully saturated rings. The van der Waals surface area contributed by atoms with Crippen molar-refractivity contribution in [3.05, 3.63) is 33.4 Å². The van der Waals surface area contributed by atoms with Crippen LogP contribution in [0.5, 0.6) is 5.75 Å². The van der Waals surface area contributed by atoms with Gasteiger partial charge in [-0.25, -0.2) is 0 Å². The number of nitro benzene ring substituents is 1. The monoisotopic (exact) mass is 221 g/mol. The summed E-state index contributed by atoms with van der Waals surface area (Å²) in [4.78, 5) is 10.7. The highest BCUT2D eigenvalue weighted by Crippen LogP contribution is 2.33. The van der Waals surface area contributed by atoms with Crippen LogP contribution in [0.1, 0.15) is 25.0 Å². The van der Waals surface area contributed by atoms with Crippen molar-refractivity contribution >= 4 is 5.69 Å². The van der Waals surface area contributed by atoms with Gasteiger partial charge in [0.05, 0.1) is 11.5 Å². The van der Waals surface area contributed by atoms with Crippen LogP contribution in [0.3, 0.4) is 0 Å². The maximum atomic E-state index is 11.0. The molecule has 4 heteroatoms. The minimum Gasteiger partial charge on any atom is -0.493 e. The Bertz CT molecular complexity index is 427. The van der Waals surface area contributed by atoms with Crippen molar-refractivity contribution in [3.63, 3.8) is 0 Å². The number of benzene rings is 1. The average molecular weight is 221 g/mol. The molecular weight excluding hydrogens is 206 g/mol. The van der Waals surface area contributed by atoms with Gasteiger partial charge in [0.15, 0.2) is 0 Å². The predicted molar refractivity (Wildman–Crippen MR) is 60.8 cm³/mol. The largest absolute Gasteiger partial charge is 0.493 e. The molecule has 0 radical (unpaired) electrons. The molecule has 2 rings (SSSR count). The zero-order valence-corrected chi connectivity index (χ0v) is 9.53. The summed E-state index contributed by atoms with van der Waals surface area (Å²) in [6, 6.07) is 3.50. The van der Waals surface area contributed by atoms with Crippen molar-refractivity contribution in [2.75, 3.05) is 6.61 Å². The van der Waals surface area contributed by atoms with E-state index >= 15 is 0 Å². The summed E-state index contributed by atoms with van der Waals surface area (Å²) in [5, 5.41) is 11.0. The molecule has 0 aromatic heterocycles. The van der Waals surface area contributed by atoms with Crippen LogP contribution in [0, 0.1) is 16.0 Å². The van der Waals surface area contributed by atoms with E-state index in [4.69, 9.17) is 4.74 Å². The molecule has 0 spiro atoms. The SMILES string of the molecule is CC(C)Cc1cc2c(cc1[N+](=O)[O-])CCO2. The molecule has 0 atom stereocenters. The molecule has 0 N–H and O–H groups in total. The van der Waals surface area contributed by atoms with Crippen molar-refractivity contribution in [3.8, 4) is 5.75 Å². The van der Waals surface area contributed by atoms with Crippen molar-refractivity contribution in [2.45, 2.75) is 26.7 Å². The van der Waals surface area contributed by atoms with E-state index in [9.17, 15) is 10.1 Å². The third-order valence-corrected chi connectivity index (χ3v) is 2.72. The summed E-state index contributed by atoms with van der Waals surface area (Å²) in [6.07, 6.45) is 1.49. The van der Waals surface area contributed by atoms with Gasteiger partial charge in [-0.05, 0) is 18.4 Å². The standard InChI is InChI=1S/C12H15NO3/c1-8(2)5-10-7-12-9(3-4-16-12)6-11(10)13(14)15/h6-8H,3-5H2,1-2H3. The van der Waals surface area contributed by atoms with Crippen LogP contribution in [0.2, 0.25) is 0 Å². The highest BCUT2D eigenvalue weighted by atomic mass is 16.6. The lowest BCUT2D eigenvalue weighted by atomic mass is 9.99. The molecule has 0 aliphatic carbocycles. The molecular formula is C12H15NO3. The van der Waals surface area contributed by atoms with Gasteiger partial charge in [0.1, 0.15) is 5.75 Å². The van der Waals surface area contributed by atoms with Crippen LogP contribution in [0.25, 0.3) is 0 Å². The molecule has 1 heterocycles. The molecule has 1 aliphatic rings. The van der Waals surface area contributed by atoms with E-state index in [0.29, 0.717) is 18.9 Å². The van der Waals surface area contributed by atoms with Gasteiger partial charge >= 0.3 is 0 Å². The summed E-state index contributed by atoms with van der Waals surface area (Å²) < 4.78 is 5.43. The minimum absolute atomic E-state index is 0.234. The Morgan fingerprint density at radius 2 is 2.25 bits per heavy atom. The van der Waals surface area contributed by atoms with Gasteiger partial charge in [-0.2, -0.15) is 0 Å². The van der Waals surface area contributed by atoms with E-state index in [0.717, 1.165) is 23.3 Å². The topological polar surface area (TPSA) is 52.4 Å². The molecule has 1 aromatic rings. The average Bonchev–Trinajstić information content (AvgIpc) is 2.62. The van der Waals surface area contributed by atoms with Gasteiger partial charge in [0, 0.05) is 23.6 Å². The first-order valence-corrected chi connectivity index (χ1v) is 5.51. The predicted octanol–water partition coefficient (Wildman–Crippen LogP) is 2.73. The smallest absolute Gasteiger partial charge is 0.273 e. The molecule has 16 heavy (non-hydrogen) atoms. The van der Waals surface area contributed by atoms with Crippen molar-refractivity contribution in [1.29, 1.82) is 0 Å². The third-order valence-electron chi connectivity index (χ3n) is 2.72. The number of rotatable bonds is 3. The second-order valence-corrected chi connectivity index (χ2v) is 4.54. The fourth-order valence-corrected chi connectivity index (χ4v) is 2.03. The van der Waals surface area contributed by atoms with Crippen LogP contribution in [-0.4, -0.2) is 11.5 Å². The number of ether oxygens (including phenoxy) is 1. The van der Waals surface area contributed by atoms with Crippen LogP contribution < -0.4 is 4.74 Å². The van der Waals surface area contributed by atoms with E-state index in [1.807, 2.05) is 6.07 Å². The number of hydrogen-bond acceptors (Lipinski definition) is 3. The van der Waals surface area contributed by atoms with Gasteiger partial charge in [-0.15, -0.1) is 0 Å². The minimum atomic E-state index is -0.295. The van der Waals surface area contributed by atoms with Crippen molar-refractivity contribution in [1.82, 2.24) is 0 Å². The molecule has 0 unspecified atom stereocenters. The van der Waals surface area contributed by atoms with Crippen molar-refractivity contribution in [2.24, 2.45) is 5.92 Å². The van der Waals surface area contributed by atoms with E-state index in [-0.39, 0.29) is 10.6 Å². The Morgan fingerprint density at radius 1 is 1.50 bits per heavy atom. The Hall–Kier alpha value is -1.58. The molecule has 86 valence electrons. The fraction of sp³-hybridized carbons (Fsp3) is 0.500. The summed E-state index contributed by atoms with van der Waals surface area (Å²) in [7, 11) is 0. The van der Waals surface area contributed by atoms with E-state index < -0.39 is 0 Å². The molecule has 4 nitrogen and oxygen atoms in total. The quantitative estimate of drug-likeness (QED) is 0.582. The summed E-state index contributed by atoms with van der Waals surface area (Å²) in [6.45, 7) is 4.74. The second-order valence-electron chi connectivity index (χ2n) is 4.54. The maximum absolute atomic E-state index is 11.0. The summed E-state index contributed by atoms with van der Waals surface area (Å²) in [5.41, 5.74) is 1.97. The lowest BCUT2D eigenvalue weighted by Crippen LogP contribution is -2.00. The zero-order valence-electron chi connectivity index (χ0n) is 9.53. The molecule has 0 saturated carbocycles. The van der Waals surface area contributed by atoms with Gasteiger partial charge in [-0.3, -0.25) is 10.1 Å². The Labute approximate surface area is 94.4 Å². The third kappa shape index (κ3) is 2.01. The van der Waals surface area contributed by atoms with Gasteiger partial charge in [0.25, 0.3) is 5.69 Å². The van der Waals surface area contributed by atoms with Crippen LogP contribution in [-0.2, 0) is 12.8 Å². The maximum Gasteiger partial charge on any atom is 0.273 e. The van der Waals surface area contributed by atoms with Crippen LogP contribution in [0.15, 0.2) is 12.1 Å². The molecule has 1 aliphatic heterocycles. The zero-order chi connectivity index (χ0) is 11.7. The molecule has 0 bridgehead atoms. The normalized spacial score (nSPS) is 13.7. The van der Waals surface area contributed by atoms with E-state index in [1.54, 1.807) is 6.07 Å². The van der Waals surface area contributed by atoms with Crippen molar-refractivity contribution < 1.29 is 9.66 Å². The number of hydrogen-bond donors (Lipinski definition) is 0. The summed E-state index contributed by atoms with van der Waals surface area (Å²) in [5.74, 6) is 1.22. The Kier molecular flexibility index (Phi) is 2.81. The second kappa shape index (κ2) is 4.12. The van der Waals surface area contributed by atoms with E-state index in [1.165, 1.54) is 0 Å². The molecule has 0 amide bonds. The Balaban J connectivity index is 2.44. The van der Waals surface area contributed by atoms with E-state index in [2.05, 4.69) is 13.8 Å². The highest BCUT2D eigenvalue weighted by Gasteiger charge is 2.22. The van der Waals surface area contributed by atoms with Gasteiger partial charge < -0.3 is 4.74 Å². The van der Waals surface area contributed by atoms with Crippen LogP contribution >= 0.6 is 0 Å². The summed E-state index contributed by atoms with van der Waals surface area (Å²) >= 11 is 0. The van der Waals surface area contributed by atoms with Crippen LogP contribution in [0.4, 0.5) is 5.69 Å². The molecule has 0 saturated heterocycles. The Morgan fingerprint density at radius 3 is 2.88 bits per heavy atom. The first kappa shape index (κ1) is 10.9.